The monoisotopic (exact) mass is 578 g/mol. The lowest BCUT2D eigenvalue weighted by molar-refractivity contribution is 0.119. The van der Waals surface area contributed by atoms with Gasteiger partial charge in [-0.05, 0) is 50.6 Å². The van der Waals surface area contributed by atoms with Crippen molar-refractivity contribution < 1.29 is 5.11 Å². The Hall–Kier alpha value is -4.24. The zero-order chi connectivity index (χ0) is 27.2. The van der Waals surface area contributed by atoms with Crippen LogP contribution in [0.25, 0.3) is 11.1 Å². The summed E-state index contributed by atoms with van der Waals surface area (Å²) in [6.45, 7) is 0. The van der Waals surface area contributed by atoms with Crippen LogP contribution in [-0.2, 0) is 11.0 Å². The van der Waals surface area contributed by atoms with E-state index in [1.54, 1.807) is 0 Å². The van der Waals surface area contributed by atoms with Crippen molar-refractivity contribution in [1.29, 1.82) is 0 Å². The van der Waals surface area contributed by atoms with E-state index in [1.165, 1.54) is 11.1 Å². The van der Waals surface area contributed by atoms with E-state index in [9.17, 15) is 5.11 Å². The summed E-state index contributed by atoms with van der Waals surface area (Å²) in [5.41, 5.74) is 7.18. The van der Waals surface area contributed by atoms with Crippen LogP contribution in [0.4, 0.5) is 0 Å². The van der Waals surface area contributed by atoms with Gasteiger partial charge < -0.3 is 5.11 Å². The second kappa shape index (κ2) is 9.75. The summed E-state index contributed by atoms with van der Waals surface area (Å²) in [5.74, 6) is 0. The van der Waals surface area contributed by atoms with Gasteiger partial charge in [0.2, 0.25) is 0 Å². The van der Waals surface area contributed by atoms with E-state index in [1.807, 2.05) is 36.4 Å². The van der Waals surface area contributed by atoms with Crippen LogP contribution in [0.2, 0.25) is 0 Å². The van der Waals surface area contributed by atoms with Crippen molar-refractivity contribution in [3.63, 3.8) is 0 Å². The Balaban J connectivity index is 1.64. The minimum atomic E-state index is -1.38. The first-order valence-electron chi connectivity index (χ1n) is 13.5. The molecule has 0 saturated carbocycles. The van der Waals surface area contributed by atoms with E-state index >= 15 is 0 Å². The SMILES string of the molecule is OC1(c2ccccc2-c2ccccc2Br)c2ccccc2C(c2ccccc2)(c2ccccc2)c2ccccc21. The van der Waals surface area contributed by atoms with Gasteiger partial charge in [0.25, 0.3) is 0 Å². The van der Waals surface area contributed by atoms with Gasteiger partial charge in [0.05, 0.1) is 5.41 Å². The Kier molecular flexibility index (Phi) is 6.04. The molecule has 1 aliphatic carbocycles. The predicted octanol–water partition coefficient (Wildman–Crippen LogP) is 9.10. The minimum absolute atomic E-state index is 0.607. The average Bonchev–Trinajstić information content (AvgIpc) is 3.03. The van der Waals surface area contributed by atoms with Crippen LogP contribution in [-0.4, -0.2) is 5.11 Å². The summed E-state index contributed by atoms with van der Waals surface area (Å²) in [4.78, 5) is 0. The van der Waals surface area contributed by atoms with Gasteiger partial charge in [-0.15, -0.1) is 0 Å². The molecule has 0 atom stereocenters. The van der Waals surface area contributed by atoms with Crippen molar-refractivity contribution in [2.75, 3.05) is 0 Å². The van der Waals surface area contributed by atoms with Gasteiger partial charge >= 0.3 is 0 Å². The Morgan fingerprint density at radius 1 is 0.375 bits per heavy atom. The topological polar surface area (TPSA) is 20.2 Å². The molecular weight excluding hydrogens is 552 g/mol. The summed E-state index contributed by atoms with van der Waals surface area (Å²) in [7, 11) is 0. The Labute approximate surface area is 243 Å². The molecule has 1 N–H and O–H groups in total. The Morgan fingerprint density at radius 2 is 0.750 bits per heavy atom. The number of benzene rings is 6. The standard InChI is InChI=1S/C38H27BrO/c39-36-26-14-8-20-30(36)29-19-7-9-21-31(29)38(40)34-24-12-10-22-32(34)37(27-15-3-1-4-16-27,28-17-5-2-6-18-28)33-23-11-13-25-35(33)38/h1-26,40H. The Bertz CT molecular complexity index is 1740. The van der Waals surface area contributed by atoms with Crippen molar-refractivity contribution in [3.8, 4) is 11.1 Å². The molecule has 192 valence electrons. The van der Waals surface area contributed by atoms with E-state index in [0.717, 1.165) is 43.4 Å². The third-order valence-corrected chi connectivity index (χ3v) is 9.03. The largest absolute Gasteiger partial charge is 0.376 e. The highest BCUT2D eigenvalue weighted by Crippen LogP contribution is 2.57. The highest BCUT2D eigenvalue weighted by molar-refractivity contribution is 9.10. The number of hydrogen-bond donors (Lipinski definition) is 1. The van der Waals surface area contributed by atoms with E-state index in [4.69, 9.17) is 0 Å². The van der Waals surface area contributed by atoms with E-state index in [-0.39, 0.29) is 0 Å². The summed E-state index contributed by atoms with van der Waals surface area (Å²) in [6.07, 6.45) is 0. The fourth-order valence-corrected chi connectivity index (χ4v) is 7.21. The molecule has 0 heterocycles. The molecule has 0 spiro atoms. The maximum absolute atomic E-state index is 13.3. The lowest BCUT2D eigenvalue weighted by Gasteiger charge is -2.48. The van der Waals surface area contributed by atoms with Crippen molar-refractivity contribution in [2.24, 2.45) is 0 Å². The number of rotatable bonds is 4. The highest BCUT2D eigenvalue weighted by Gasteiger charge is 2.52. The number of halogens is 1. The molecule has 0 aliphatic heterocycles. The molecule has 6 aromatic rings. The van der Waals surface area contributed by atoms with Crippen LogP contribution in [0.3, 0.4) is 0 Å². The highest BCUT2D eigenvalue weighted by atomic mass is 79.9. The van der Waals surface area contributed by atoms with Crippen LogP contribution in [0.1, 0.15) is 38.9 Å². The molecule has 0 unspecified atom stereocenters. The fraction of sp³-hybridized carbons (Fsp3) is 0.0526. The summed E-state index contributed by atoms with van der Waals surface area (Å²) < 4.78 is 0.992. The van der Waals surface area contributed by atoms with Crippen molar-refractivity contribution in [1.82, 2.24) is 0 Å². The maximum Gasteiger partial charge on any atom is 0.141 e. The van der Waals surface area contributed by atoms with Gasteiger partial charge in [0.1, 0.15) is 5.60 Å². The summed E-state index contributed by atoms with van der Waals surface area (Å²) in [6, 6.07) is 54.7. The average molecular weight is 580 g/mol. The van der Waals surface area contributed by atoms with Crippen LogP contribution < -0.4 is 0 Å². The van der Waals surface area contributed by atoms with Crippen molar-refractivity contribution in [3.05, 3.63) is 201 Å². The van der Waals surface area contributed by atoms with Gasteiger partial charge in [-0.1, -0.05) is 168 Å². The lowest BCUT2D eigenvalue weighted by Crippen LogP contribution is -2.45. The van der Waals surface area contributed by atoms with Gasteiger partial charge in [0.15, 0.2) is 0 Å². The quantitative estimate of drug-likeness (QED) is 0.221. The molecule has 0 bridgehead atoms. The molecule has 1 aliphatic rings. The fourth-order valence-electron chi connectivity index (χ4n) is 6.71. The van der Waals surface area contributed by atoms with Crippen LogP contribution in [0, 0.1) is 0 Å². The molecule has 0 fully saturated rings. The molecule has 40 heavy (non-hydrogen) atoms. The summed E-state index contributed by atoms with van der Waals surface area (Å²) in [5, 5.41) is 13.3. The summed E-state index contributed by atoms with van der Waals surface area (Å²) >= 11 is 3.77. The smallest absolute Gasteiger partial charge is 0.141 e. The first-order valence-corrected chi connectivity index (χ1v) is 14.3. The third-order valence-electron chi connectivity index (χ3n) is 8.34. The first kappa shape index (κ1) is 24.8. The van der Waals surface area contributed by atoms with Crippen LogP contribution in [0.5, 0.6) is 0 Å². The van der Waals surface area contributed by atoms with Crippen LogP contribution in [0.15, 0.2) is 162 Å². The normalized spacial score (nSPS) is 14.7. The maximum atomic E-state index is 13.3. The number of aliphatic hydroxyl groups is 1. The molecule has 2 heteroatoms. The molecule has 0 saturated heterocycles. The van der Waals surface area contributed by atoms with Gasteiger partial charge in [0, 0.05) is 10.0 Å². The molecule has 0 radical (unpaired) electrons. The minimum Gasteiger partial charge on any atom is -0.376 e. The first-order chi connectivity index (χ1) is 19.7. The van der Waals surface area contributed by atoms with Crippen LogP contribution >= 0.6 is 15.9 Å². The zero-order valence-electron chi connectivity index (χ0n) is 21.8. The zero-order valence-corrected chi connectivity index (χ0v) is 23.4. The lowest BCUT2D eigenvalue weighted by atomic mass is 9.55. The molecule has 6 aromatic carbocycles. The predicted molar refractivity (Wildman–Crippen MR) is 166 cm³/mol. The molecule has 0 amide bonds. The van der Waals surface area contributed by atoms with Gasteiger partial charge in [-0.25, -0.2) is 0 Å². The second-order valence-electron chi connectivity index (χ2n) is 10.3. The Morgan fingerprint density at radius 3 is 1.25 bits per heavy atom. The van der Waals surface area contributed by atoms with Crippen molar-refractivity contribution in [2.45, 2.75) is 11.0 Å². The van der Waals surface area contributed by atoms with E-state index < -0.39 is 11.0 Å². The van der Waals surface area contributed by atoms with E-state index in [2.05, 4.69) is 137 Å². The number of fused-ring (bicyclic) bond motifs is 2. The second-order valence-corrected chi connectivity index (χ2v) is 11.2. The molecule has 0 aromatic heterocycles. The van der Waals surface area contributed by atoms with Crippen molar-refractivity contribution >= 4 is 15.9 Å². The molecule has 7 rings (SSSR count). The molecular formula is C38H27BrO. The third kappa shape index (κ3) is 3.50. The van der Waals surface area contributed by atoms with E-state index in [0.29, 0.717) is 0 Å². The molecule has 1 nitrogen and oxygen atoms in total. The van der Waals surface area contributed by atoms with Gasteiger partial charge in [-0.2, -0.15) is 0 Å². The van der Waals surface area contributed by atoms with Gasteiger partial charge in [-0.3, -0.25) is 0 Å². The number of hydrogen-bond acceptors (Lipinski definition) is 1.